The lowest BCUT2D eigenvalue weighted by Gasteiger charge is -2.09. The zero-order chi connectivity index (χ0) is 15.1. The van der Waals surface area contributed by atoms with Crippen molar-refractivity contribution in [1.29, 1.82) is 0 Å². The molecule has 1 aromatic rings. The van der Waals surface area contributed by atoms with Gasteiger partial charge in [0.05, 0.1) is 12.3 Å². The van der Waals surface area contributed by atoms with Gasteiger partial charge in [0.1, 0.15) is 0 Å². The van der Waals surface area contributed by atoms with Crippen molar-refractivity contribution in [3.8, 4) is 0 Å². The molecule has 0 aliphatic rings. The topological polar surface area (TPSA) is 58.2 Å². The zero-order valence-electron chi connectivity index (χ0n) is 12.4. The first-order chi connectivity index (χ1) is 9.38. The highest BCUT2D eigenvalue weighted by Gasteiger charge is 2.07. The van der Waals surface area contributed by atoms with Gasteiger partial charge in [-0.05, 0) is 51.0 Å². The number of amides is 2. The van der Waals surface area contributed by atoms with Crippen molar-refractivity contribution in [3.63, 3.8) is 0 Å². The van der Waals surface area contributed by atoms with Crippen LogP contribution in [0.15, 0.2) is 23.1 Å². The van der Waals surface area contributed by atoms with Gasteiger partial charge in [0, 0.05) is 10.9 Å². The Kier molecular flexibility index (Phi) is 6.58. The van der Waals surface area contributed by atoms with Crippen LogP contribution >= 0.6 is 11.8 Å². The van der Waals surface area contributed by atoms with Gasteiger partial charge in [-0.15, -0.1) is 11.8 Å². The summed E-state index contributed by atoms with van der Waals surface area (Å²) in [5.41, 5.74) is 2.45. The van der Waals surface area contributed by atoms with Gasteiger partial charge < -0.3 is 10.6 Å². The van der Waals surface area contributed by atoms with E-state index in [0.29, 0.717) is 5.75 Å². The first kappa shape index (κ1) is 16.6. The molecule has 0 saturated heterocycles. The Morgan fingerprint density at radius 3 is 2.45 bits per heavy atom. The van der Waals surface area contributed by atoms with Crippen molar-refractivity contribution < 1.29 is 9.59 Å². The Balaban J connectivity index is 2.32. The van der Waals surface area contributed by atoms with Crippen molar-refractivity contribution in [3.05, 3.63) is 29.3 Å². The number of hydrogen-bond donors (Lipinski definition) is 2. The van der Waals surface area contributed by atoms with Crippen LogP contribution in [0.3, 0.4) is 0 Å². The summed E-state index contributed by atoms with van der Waals surface area (Å²) in [7, 11) is 0. The van der Waals surface area contributed by atoms with Crippen LogP contribution in [0.1, 0.15) is 25.0 Å². The molecule has 110 valence electrons. The molecule has 1 aromatic carbocycles. The third kappa shape index (κ3) is 6.10. The van der Waals surface area contributed by atoms with Crippen LogP contribution in [0.4, 0.5) is 0 Å². The summed E-state index contributed by atoms with van der Waals surface area (Å²) < 4.78 is 0. The van der Waals surface area contributed by atoms with Crippen LogP contribution in [0.5, 0.6) is 0 Å². The van der Waals surface area contributed by atoms with E-state index in [9.17, 15) is 9.59 Å². The Morgan fingerprint density at radius 1 is 1.15 bits per heavy atom. The van der Waals surface area contributed by atoms with Gasteiger partial charge in [0.25, 0.3) is 0 Å². The van der Waals surface area contributed by atoms with Crippen molar-refractivity contribution in [2.45, 2.75) is 38.6 Å². The third-order valence-electron chi connectivity index (χ3n) is 2.74. The monoisotopic (exact) mass is 294 g/mol. The Morgan fingerprint density at radius 2 is 1.85 bits per heavy atom. The maximum Gasteiger partial charge on any atom is 0.239 e. The van der Waals surface area contributed by atoms with Crippen molar-refractivity contribution >= 4 is 23.6 Å². The van der Waals surface area contributed by atoms with Gasteiger partial charge in [-0.25, -0.2) is 0 Å². The molecule has 2 N–H and O–H groups in total. The van der Waals surface area contributed by atoms with E-state index in [2.05, 4.69) is 30.5 Å². The predicted molar refractivity (Wildman–Crippen MR) is 82.9 cm³/mol. The highest BCUT2D eigenvalue weighted by Crippen LogP contribution is 2.20. The van der Waals surface area contributed by atoms with E-state index in [1.54, 1.807) is 0 Å². The van der Waals surface area contributed by atoms with Gasteiger partial charge >= 0.3 is 0 Å². The summed E-state index contributed by atoms with van der Waals surface area (Å²) in [5.74, 6) is 0.0222. The van der Waals surface area contributed by atoms with Crippen molar-refractivity contribution in [2.75, 3.05) is 12.3 Å². The van der Waals surface area contributed by atoms with Gasteiger partial charge in [-0.2, -0.15) is 0 Å². The molecule has 0 unspecified atom stereocenters. The molecule has 0 spiro atoms. The molecule has 0 atom stereocenters. The largest absolute Gasteiger partial charge is 0.352 e. The number of hydrogen-bond acceptors (Lipinski definition) is 3. The number of rotatable bonds is 6. The summed E-state index contributed by atoms with van der Waals surface area (Å²) in [6.45, 7) is 7.91. The van der Waals surface area contributed by atoms with Crippen LogP contribution in [0.25, 0.3) is 0 Å². The van der Waals surface area contributed by atoms with E-state index in [1.807, 2.05) is 26.0 Å². The standard InChI is InChI=1S/C15H22N2O2S/c1-10(2)17-14(18)8-16-15(19)9-20-13-6-5-11(3)12(4)7-13/h5-7,10H,8-9H2,1-4H3,(H,16,19)(H,17,18). The predicted octanol–water partition coefficient (Wildman–Crippen LogP) is 2.04. The molecule has 0 fully saturated rings. The SMILES string of the molecule is Cc1ccc(SCC(=O)NCC(=O)NC(C)C)cc1C. The fourth-order valence-electron chi connectivity index (χ4n) is 1.56. The Bertz CT molecular complexity index is 487. The smallest absolute Gasteiger partial charge is 0.239 e. The molecule has 2 amide bonds. The van der Waals surface area contributed by atoms with E-state index < -0.39 is 0 Å². The first-order valence-electron chi connectivity index (χ1n) is 6.64. The van der Waals surface area contributed by atoms with E-state index in [-0.39, 0.29) is 24.4 Å². The number of nitrogens with one attached hydrogen (secondary N) is 2. The van der Waals surface area contributed by atoms with E-state index in [0.717, 1.165) is 4.90 Å². The number of carbonyl (C=O) groups excluding carboxylic acids is 2. The second-order valence-corrected chi connectivity index (χ2v) is 6.08. The minimum atomic E-state index is -0.162. The quantitative estimate of drug-likeness (QED) is 0.789. The van der Waals surface area contributed by atoms with E-state index >= 15 is 0 Å². The third-order valence-corrected chi connectivity index (χ3v) is 3.74. The number of aryl methyl sites for hydroxylation is 2. The van der Waals surface area contributed by atoms with E-state index in [1.165, 1.54) is 22.9 Å². The molecule has 4 nitrogen and oxygen atoms in total. The lowest BCUT2D eigenvalue weighted by Crippen LogP contribution is -2.40. The van der Waals surface area contributed by atoms with Gasteiger partial charge in [0.2, 0.25) is 11.8 Å². The lowest BCUT2D eigenvalue weighted by molar-refractivity contribution is -0.125. The molecule has 0 aromatic heterocycles. The summed E-state index contributed by atoms with van der Waals surface area (Å²) in [5, 5.41) is 5.34. The lowest BCUT2D eigenvalue weighted by atomic mass is 10.1. The number of thioether (sulfide) groups is 1. The molecule has 0 saturated carbocycles. The zero-order valence-corrected chi connectivity index (χ0v) is 13.3. The molecule has 1 rings (SSSR count). The minimum absolute atomic E-state index is 0.0322. The number of carbonyl (C=O) groups is 2. The van der Waals surface area contributed by atoms with Crippen LogP contribution in [-0.2, 0) is 9.59 Å². The van der Waals surface area contributed by atoms with E-state index in [4.69, 9.17) is 0 Å². The molecular formula is C15H22N2O2S. The van der Waals surface area contributed by atoms with Crippen molar-refractivity contribution in [1.82, 2.24) is 10.6 Å². The molecule has 0 heterocycles. The van der Waals surface area contributed by atoms with Crippen LogP contribution in [0, 0.1) is 13.8 Å². The number of benzene rings is 1. The summed E-state index contributed by atoms with van der Waals surface area (Å²) in [6, 6.07) is 6.21. The molecule has 0 bridgehead atoms. The average Bonchev–Trinajstić information content (AvgIpc) is 2.37. The van der Waals surface area contributed by atoms with Crippen LogP contribution < -0.4 is 10.6 Å². The highest BCUT2D eigenvalue weighted by molar-refractivity contribution is 8.00. The van der Waals surface area contributed by atoms with Crippen LogP contribution in [-0.4, -0.2) is 30.2 Å². The second kappa shape index (κ2) is 7.94. The first-order valence-corrected chi connectivity index (χ1v) is 7.63. The Hall–Kier alpha value is -1.49. The summed E-state index contributed by atoms with van der Waals surface area (Å²) in [4.78, 5) is 24.1. The molecular weight excluding hydrogens is 272 g/mol. The fraction of sp³-hybridized carbons (Fsp3) is 0.467. The Labute approximate surface area is 124 Å². The van der Waals surface area contributed by atoms with Crippen LogP contribution in [0.2, 0.25) is 0 Å². The van der Waals surface area contributed by atoms with Gasteiger partial charge in [0.15, 0.2) is 0 Å². The minimum Gasteiger partial charge on any atom is -0.352 e. The highest BCUT2D eigenvalue weighted by atomic mass is 32.2. The fourth-order valence-corrected chi connectivity index (χ4v) is 2.38. The maximum atomic E-state index is 11.6. The van der Waals surface area contributed by atoms with Gasteiger partial charge in [-0.1, -0.05) is 6.07 Å². The summed E-state index contributed by atoms with van der Waals surface area (Å²) in [6.07, 6.45) is 0. The second-order valence-electron chi connectivity index (χ2n) is 5.03. The molecule has 20 heavy (non-hydrogen) atoms. The maximum absolute atomic E-state index is 11.6. The normalized spacial score (nSPS) is 10.4. The summed E-state index contributed by atoms with van der Waals surface area (Å²) >= 11 is 1.47. The molecule has 5 heteroatoms. The average molecular weight is 294 g/mol. The van der Waals surface area contributed by atoms with Crippen molar-refractivity contribution in [2.24, 2.45) is 0 Å². The molecule has 0 aliphatic heterocycles. The molecule has 0 radical (unpaired) electrons. The van der Waals surface area contributed by atoms with Gasteiger partial charge in [-0.3, -0.25) is 9.59 Å². The molecule has 0 aliphatic carbocycles.